The maximum Gasteiger partial charge on any atom is 0.417 e. The third-order valence-corrected chi connectivity index (χ3v) is 8.23. The number of alkyl halides is 3. The van der Waals surface area contributed by atoms with Gasteiger partial charge in [-0.3, -0.25) is 19.5 Å². The molecule has 2 amide bonds. The summed E-state index contributed by atoms with van der Waals surface area (Å²) in [6.07, 6.45) is -4.68. The third kappa shape index (κ3) is 7.20. The number of aromatic nitrogens is 5. The average Bonchev–Trinajstić information content (AvgIpc) is 3.53. The lowest BCUT2D eigenvalue weighted by atomic mass is 10.1. The highest BCUT2D eigenvalue weighted by atomic mass is 32.2. The van der Waals surface area contributed by atoms with Crippen molar-refractivity contribution in [2.45, 2.75) is 43.0 Å². The molecule has 210 valence electrons. The van der Waals surface area contributed by atoms with Crippen molar-refractivity contribution >= 4 is 51.8 Å². The van der Waals surface area contributed by atoms with Crippen LogP contribution in [0.1, 0.15) is 39.8 Å². The number of hydrogen-bond donors (Lipinski definition) is 2. The minimum Gasteiger partial charge on any atom is -0.345 e. The van der Waals surface area contributed by atoms with Crippen molar-refractivity contribution in [3.63, 3.8) is 0 Å². The Morgan fingerprint density at radius 3 is 2.55 bits per heavy atom. The van der Waals surface area contributed by atoms with Gasteiger partial charge >= 0.3 is 6.18 Å². The molecule has 4 aromatic rings. The number of carbonyl (C=O) groups excluding carboxylic acids is 2. The summed E-state index contributed by atoms with van der Waals surface area (Å²) in [4.78, 5) is 25.4. The number of hydrogen-bond acceptors (Lipinski definition) is 9. The summed E-state index contributed by atoms with van der Waals surface area (Å²) in [5, 5.41) is 22.4. The maximum atomic E-state index is 13.4. The SMILES string of the molecule is CCSc1nnc(NC(=O)CSc2nnc(CNC(=O)c3ccccc3C(F)(F)F)n2-c2cc(C)ccc2C)s1. The van der Waals surface area contributed by atoms with E-state index < -0.39 is 23.2 Å². The third-order valence-electron chi connectivity index (χ3n) is 5.44. The van der Waals surface area contributed by atoms with Crippen molar-refractivity contribution in [2.24, 2.45) is 0 Å². The predicted molar refractivity (Wildman–Crippen MR) is 149 cm³/mol. The highest BCUT2D eigenvalue weighted by Gasteiger charge is 2.35. The molecule has 4 rings (SSSR count). The standard InChI is InChI=1S/C25H24F3N7O2S3/c1-4-38-24-34-32-22(40-24)30-20(36)13-39-23-33-31-19(35(23)18-11-14(2)9-10-15(18)3)12-29-21(37)16-7-5-6-8-17(16)25(26,27)28/h5-11H,4,12-13H2,1-3H3,(H,29,37)(H,30,32,36). The number of thioether (sulfide) groups is 2. The first-order valence-electron chi connectivity index (χ1n) is 11.9. The highest BCUT2D eigenvalue weighted by Crippen LogP contribution is 2.32. The number of rotatable bonds is 10. The quantitative estimate of drug-likeness (QED) is 0.179. The van der Waals surface area contributed by atoms with E-state index in [4.69, 9.17) is 0 Å². The van der Waals surface area contributed by atoms with E-state index in [-0.39, 0.29) is 18.2 Å². The van der Waals surface area contributed by atoms with E-state index in [0.29, 0.717) is 16.1 Å². The molecule has 15 heteroatoms. The number of amides is 2. The second-order valence-electron chi connectivity index (χ2n) is 8.39. The summed E-state index contributed by atoms with van der Waals surface area (Å²) in [7, 11) is 0. The molecule has 0 saturated carbocycles. The Balaban J connectivity index is 1.54. The minimum absolute atomic E-state index is 0.00977. The first-order chi connectivity index (χ1) is 19.1. The lowest BCUT2D eigenvalue weighted by molar-refractivity contribution is -0.138. The van der Waals surface area contributed by atoms with Crippen LogP contribution < -0.4 is 10.6 Å². The van der Waals surface area contributed by atoms with E-state index in [1.165, 1.54) is 35.2 Å². The molecule has 0 bridgehead atoms. The molecule has 0 unspecified atom stereocenters. The zero-order chi connectivity index (χ0) is 28.9. The Morgan fingerprint density at radius 2 is 1.80 bits per heavy atom. The van der Waals surface area contributed by atoms with Gasteiger partial charge in [0.2, 0.25) is 11.0 Å². The summed E-state index contributed by atoms with van der Waals surface area (Å²) < 4.78 is 42.7. The second-order valence-corrected chi connectivity index (χ2v) is 11.8. The van der Waals surface area contributed by atoms with Crippen LogP contribution in [0.25, 0.3) is 5.69 Å². The van der Waals surface area contributed by atoms with E-state index >= 15 is 0 Å². The Morgan fingerprint density at radius 1 is 1.02 bits per heavy atom. The Labute approximate surface area is 240 Å². The first-order valence-corrected chi connectivity index (χ1v) is 14.7. The predicted octanol–water partition coefficient (Wildman–Crippen LogP) is 5.53. The lowest BCUT2D eigenvalue weighted by Crippen LogP contribution is -2.27. The zero-order valence-corrected chi connectivity index (χ0v) is 24.0. The molecule has 0 aliphatic carbocycles. The van der Waals surface area contributed by atoms with Gasteiger partial charge in [0.05, 0.1) is 29.1 Å². The van der Waals surface area contributed by atoms with Gasteiger partial charge in [0, 0.05) is 0 Å². The van der Waals surface area contributed by atoms with Crippen molar-refractivity contribution in [2.75, 3.05) is 16.8 Å². The topological polar surface area (TPSA) is 115 Å². The molecule has 0 saturated heterocycles. The number of nitrogens with one attached hydrogen (secondary N) is 2. The smallest absolute Gasteiger partial charge is 0.345 e. The minimum atomic E-state index is -4.68. The Kier molecular flexibility index (Phi) is 9.48. The number of benzene rings is 2. The number of halogens is 3. The van der Waals surface area contributed by atoms with E-state index in [1.54, 1.807) is 4.57 Å². The van der Waals surface area contributed by atoms with Crippen LogP contribution in [-0.2, 0) is 17.5 Å². The number of nitrogens with zero attached hydrogens (tertiary/aromatic N) is 5. The van der Waals surface area contributed by atoms with Crippen LogP contribution in [0.3, 0.4) is 0 Å². The molecule has 0 radical (unpaired) electrons. The molecule has 2 aromatic carbocycles. The zero-order valence-electron chi connectivity index (χ0n) is 21.6. The molecule has 2 heterocycles. The molecular formula is C25H24F3N7O2S3. The molecule has 0 aliphatic rings. The summed E-state index contributed by atoms with van der Waals surface area (Å²) in [6.45, 7) is 5.60. The van der Waals surface area contributed by atoms with E-state index in [2.05, 4.69) is 31.0 Å². The van der Waals surface area contributed by atoms with Crippen molar-refractivity contribution in [1.82, 2.24) is 30.3 Å². The van der Waals surface area contributed by atoms with Gasteiger partial charge in [0.1, 0.15) is 0 Å². The summed E-state index contributed by atoms with van der Waals surface area (Å²) >= 11 is 3.93. The van der Waals surface area contributed by atoms with E-state index in [1.807, 2.05) is 39.0 Å². The van der Waals surface area contributed by atoms with Gasteiger partial charge in [-0.1, -0.05) is 66.0 Å². The van der Waals surface area contributed by atoms with Crippen molar-refractivity contribution < 1.29 is 22.8 Å². The van der Waals surface area contributed by atoms with Gasteiger partial charge in [-0.15, -0.1) is 20.4 Å². The molecule has 2 N–H and O–H groups in total. The Hall–Kier alpha value is -3.43. The Bertz CT molecular complexity index is 1520. The van der Waals surface area contributed by atoms with E-state index in [0.717, 1.165) is 50.8 Å². The fraction of sp³-hybridized carbons (Fsp3) is 0.280. The number of anilines is 1. The van der Waals surface area contributed by atoms with Crippen LogP contribution in [0, 0.1) is 13.8 Å². The normalized spacial score (nSPS) is 11.4. The molecule has 2 aromatic heterocycles. The van der Waals surface area contributed by atoms with Gasteiger partial charge in [0.25, 0.3) is 5.91 Å². The largest absolute Gasteiger partial charge is 0.417 e. The van der Waals surface area contributed by atoms with Crippen LogP contribution in [0.2, 0.25) is 0 Å². The van der Waals surface area contributed by atoms with Crippen LogP contribution in [0.15, 0.2) is 52.0 Å². The first kappa shape index (κ1) is 29.6. The van der Waals surface area contributed by atoms with Crippen LogP contribution >= 0.6 is 34.9 Å². The molecule has 0 spiro atoms. The van der Waals surface area contributed by atoms with Crippen LogP contribution in [0.4, 0.5) is 18.3 Å². The second kappa shape index (κ2) is 12.8. The number of aryl methyl sites for hydroxylation is 2. The monoisotopic (exact) mass is 607 g/mol. The van der Waals surface area contributed by atoms with Gasteiger partial charge in [-0.2, -0.15) is 13.2 Å². The van der Waals surface area contributed by atoms with Gasteiger partial charge < -0.3 is 5.32 Å². The van der Waals surface area contributed by atoms with Crippen molar-refractivity contribution in [3.8, 4) is 5.69 Å². The fourth-order valence-electron chi connectivity index (χ4n) is 3.62. The molecular weight excluding hydrogens is 584 g/mol. The van der Waals surface area contributed by atoms with Crippen LogP contribution in [0.5, 0.6) is 0 Å². The molecule has 9 nitrogen and oxygen atoms in total. The highest BCUT2D eigenvalue weighted by molar-refractivity contribution is 8.01. The van der Waals surface area contributed by atoms with Gasteiger partial charge in [-0.25, -0.2) is 0 Å². The van der Waals surface area contributed by atoms with Gasteiger partial charge in [-0.05, 0) is 48.9 Å². The van der Waals surface area contributed by atoms with Crippen molar-refractivity contribution in [3.05, 3.63) is 70.5 Å². The molecule has 0 atom stereocenters. The van der Waals surface area contributed by atoms with Gasteiger partial charge in [0.15, 0.2) is 15.3 Å². The fourth-order valence-corrected chi connectivity index (χ4v) is 6.05. The van der Waals surface area contributed by atoms with Crippen LogP contribution in [-0.4, -0.2) is 48.3 Å². The van der Waals surface area contributed by atoms with E-state index in [9.17, 15) is 22.8 Å². The lowest BCUT2D eigenvalue weighted by Gasteiger charge is -2.15. The summed E-state index contributed by atoms with van der Waals surface area (Å²) in [5.74, 6) is -0.0911. The molecule has 0 aliphatic heterocycles. The average molecular weight is 608 g/mol. The molecule has 40 heavy (non-hydrogen) atoms. The maximum absolute atomic E-state index is 13.4. The van der Waals surface area contributed by atoms with Crippen molar-refractivity contribution in [1.29, 1.82) is 0 Å². The molecule has 0 fully saturated rings. The number of carbonyl (C=O) groups is 2. The summed E-state index contributed by atoms with van der Waals surface area (Å²) in [5.41, 5.74) is 1.03. The summed E-state index contributed by atoms with van der Waals surface area (Å²) in [6, 6.07) is 10.3.